The molecule has 98 valence electrons. The normalized spacial score (nSPS) is 14.1. The van der Waals surface area contributed by atoms with Crippen molar-refractivity contribution in [3.05, 3.63) is 0 Å². The summed E-state index contributed by atoms with van der Waals surface area (Å²) < 4.78 is 17.2. The van der Waals surface area contributed by atoms with E-state index >= 15 is 0 Å². The predicted octanol–water partition coefficient (Wildman–Crippen LogP) is 0.744. The lowest BCUT2D eigenvalue weighted by Crippen LogP contribution is -2.49. The molecule has 1 atom stereocenters. The van der Waals surface area contributed by atoms with E-state index in [4.69, 9.17) is 24.1 Å². The molecule has 0 rings (SSSR count). The van der Waals surface area contributed by atoms with Gasteiger partial charge in [0.25, 0.3) is 0 Å². The van der Waals surface area contributed by atoms with Crippen LogP contribution in [0.15, 0.2) is 0 Å². The highest BCUT2D eigenvalue weighted by Gasteiger charge is 2.41. The van der Waals surface area contributed by atoms with Crippen molar-refractivity contribution in [3.63, 3.8) is 0 Å². The fourth-order valence-electron chi connectivity index (χ4n) is 1.48. The van der Waals surface area contributed by atoms with E-state index in [9.17, 15) is 0 Å². The molecule has 0 aliphatic heterocycles. The molecule has 0 fully saturated rings. The van der Waals surface area contributed by atoms with Crippen LogP contribution in [0.25, 0.3) is 0 Å². The van der Waals surface area contributed by atoms with Gasteiger partial charge < -0.3 is 24.1 Å². The quantitative estimate of drug-likeness (QED) is 0.560. The molecule has 0 aliphatic carbocycles. The topological polar surface area (TPSA) is 73.9 Å². The lowest BCUT2D eigenvalue weighted by atomic mass is 10.3. The Bertz CT molecular complexity index is 154. The van der Waals surface area contributed by atoms with Crippen molar-refractivity contribution in [2.75, 3.05) is 26.4 Å². The highest BCUT2D eigenvalue weighted by Crippen LogP contribution is 2.18. The van der Waals surface area contributed by atoms with Crippen molar-refractivity contribution in [1.29, 1.82) is 0 Å². The first-order chi connectivity index (χ1) is 7.64. The molecule has 1 unspecified atom stereocenters. The first kappa shape index (κ1) is 16.0. The predicted molar refractivity (Wildman–Crippen MR) is 65.1 cm³/mol. The molecule has 6 heteroatoms. The second kappa shape index (κ2) is 9.09. The van der Waals surface area contributed by atoms with Crippen molar-refractivity contribution in [3.8, 4) is 0 Å². The van der Waals surface area contributed by atoms with Crippen LogP contribution in [0.2, 0.25) is 6.04 Å². The third-order valence-corrected chi connectivity index (χ3v) is 5.21. The van der Waals surface area contributed by atoms with E-state index in [1.54, 1.807) is 0 Å². The van der Waals surface area contributed by atoms with Gasteiger partial charge in [0.1, 0.15) is 0 Å². The summed E-state index contributed by atoms with van der Waals surface area (Å²) in [7, 11) is -2.63. The lowest BCUT2D eigenvalue weighted by molar-refractivity contribution is 0.0306. The number of hydrogen-bond acceptors (Lipinski definition) is 5. The third-order valence-electron chi connectivity index (χ3n) is 2.10. The van der Waals surface area contributed by atoms with Crippen LogP contribution in [0, 0.1) is 0 Å². The molecule has 5 nitrogen and oxygen atoms in total. The highest BCUT2D eigenvalue weighted by atomic mass is 28.4. The smallest absolute Gasteiger partial charge is 0.396 e. The number of rotatable bonds is 10. The van der Waals surface area contributed by atoms with Gasteiger partial charge >= 0.3 is 8.80 Å². The van der Waals surface area contributed by atoms with Crippen LogP contribution in [-0.2, 0) is 13.3 Å². The van der Waals surface area contributed by atoms with Crippen LogP contribution < -0.4 is 5.73 Å². The molecule has 0 radical (unpaired) electrons. The average Bonchev–Trinajstić information content (AvgIpc) is 2.18. The molecule has 0 saturated carbocycles. The summed E-state index contributed by atoms with van der Waals surface area (Å²) in [6, 6.07) is 0.616. The zero-order valence-electron chi connectivity index (χ0n) is 10.6. The van der Waals surface area contributed by atoms with Gasteiger partial charge in [-0.2, -0.15) is 0 Å². The van der Waals surface area contributed by atoms with E-state index in [1.807, 2.05) is 20.8 Å². The summed E-state index contributed by atoms with van der Waals surface area (Å²) in [6.45, 7) is 7.43. The maximum Gasteiger partial charge on any atom is 0.502 e. The average molecular weight is 251 g/mol. The lowest BCUT2D eigenvalue weighted by Gasteiger charge is -2.31. The van der Waals surface area contributed by atoms with Gasteiger partial charge in [-0.1, -0.05) is 0 Å². The van der Waals surface area contributed by atoms with Crippen molar-refractivity contribution in [1.82, 2.24) is 0 Å². The Morgan fingerprint density at radius 2 is 1.81 bits per heavy atom. The van der Waals surface area contributed by atoms with E-state index < -0.39 is 8.80 Å². The van der Waals surface area contributed by atoms with E-state index in [1.165, 1.54) is 0 Å². The van der Waals surface area contributed by atoms with Gasteiger partial charge in [0.05, 0.1) is 0 Å². The Balaban J connectivity index is 4.44. The van der Waals surface area contributed by atoms with Crippen LogP contribution in [0.1, 0.15) is 27.2 Å². The van der Waals surface area contributed by atoms with Crippen LogP contribution in [0.5, 0.6) is 0 Å². The molecule has 0 aromatic heterocycles. The van der Waals surface area contributed by atoms with Gasteiger partial charge in [0.15, 0.2) is 0 Å². The summed E-state index contributed by atoms with van der Waals surface area (Å²) in [4.78, 5) is 0. The minimum Gasteiger partial charge on any atom is -0.396 e. The van der Waals surface area contributed by atoms with Crippen molar-refractivity contribution < 1.29 is 18.4 Å². The van der Waals surface area contributed by atoms with Crippen LogP contribution in [0.4, 0.5) is 0 Å². The Kier molecular flexibility index (Phi) is 9.10. The summed E-state index contributed by atoms with van der Waals surface area (Å²) in [6.07, 6.45) is 0.515. The van der Waals surface area contributed by atoms with Crippen LogP contribution in [-0.4, -0.2) is 46.4 Å². The first-order valence-electron chi connectivity index (χ1n) is 5.90. The molecular weight excluding hydrogens is 226 g/mol. The van der Waals surface area contributed by atoms with Crippen LogP contribution >= 0.6 is 0 Å². The molecule has 0 saturated heterocycles. The Morgan fingerprint density at radius 1 is 1.25 bits per heavy atom. The second-order valence-electron chi connectivity index (χ2n) is 3.53. The molecule has 0 spiro atoms. The molecular formula is C10H25NO4Si. The van der Waals surface area contributed by atoms with E-state index in [0.29, 0.717) is 32.2 Å². The summed E-state index contributed by atoms with van der Waals surface area (Å²) >= 11 is 0. The Hall–Kier alpha value is 0.0169. The Labute approximate surface area is 99.2 Å². The highest BCUT2D eigenvalue weighted by molar-refractivity contribution is 6.60. The summed E-state index contributed by atoms with van der Waals surface area (Å²) in [5.41, 5.74) is 5.57. The van der Waals surface area contributed by atoms with Gasteiger partial charge in [0, 0.05) is 32.0 Å². The molecule has 0 amide bonds. The maximum atomic E-state index is 8.85. The summed E-state index contributed by atoms with van der Waals surface area (Å²) in [5, 5.41) is 8.85. The molecule has 0 bridgehead atoms. The SMILES string of the molecule is CCO[Si](CCN)(OCC)OC(C)CCO. The van der Waals surface area contributed by atoms with Crippen LogP contribution in [0.3, 0.4) is 0 Å². The molecule has 0 aromatic rings. The number of hydrogen-bond donors (Lipinski definition) is 2. The van der Waals surface area contributed by atoms with E-state index in [2.05, 4.69) is 0 Å². The molecule has 16 heavy (non-hydrogen) atoms. The van der Waals surface area contributed by atoms with Crippen molar-refractivity contribution in [2.24, 2.45) is 5.73 Å². The zero-order chi connectivity index (χ0) is 12.4. The van der Waals surface area contributed by atoms with Gasteiger partial charge in [-0.25, -0.2) is 0 Å². The second-order valence-corrected chi connectivity index (χ2v) is 6.21. The largest absolute Gasteiger partial charge is 0.502 e. The van der Waals surface area contributed by atoms with Gasteiger partial charge in [-0.05, 0) is 33.7 Å². The number of nitrogens with two attached hydrogens (primary N) is 1. The minimum absolute atomic E-state index is 0.0682. The minimum atomic E-state index is -2.63. The van der Waals surface area contributed by atoms with Gasteiger partial charge in [-0.15, -0.1) is 0 Å². The van der Waals surface area contributed by atoms with Crippen molar-refractivity contribution >= 4 is 8.80 Å². The Morgan fingerprint density at radius 3 is 2.19 bits per heavy atom. The van der Waals surface area contributed by atoms with E-state index in [0.717, 1.165) is 0 Å². The number of aliphatic hydroxyl groups excluding tert-OH is 1. The fourth-order valence-corrected chi connectivity index (χ4v) is 4.07. The standard InChI is InChI=1S/C10H25NO4Si/c1-4-13-16(9-7-11,14-5-2)15-10(3)6-8-12/h10,12H,4-9,11H2,1-3H3. The molecule has 0 aromatic carbocycles. The summed E-state index contributed by atoms with van der Waals surface area (Å²) in [5.74, 6) is 0. The number of aliphatic hydroxyl groups is 1. The molecule has 0 heterocycles. The maximum absolute atomic E-state index is 8.85. The molecule has 3 N–H and O–H groups in total. The van der Waals surface area contributed by atoms with E-state index in [-0.39, 0.29) is 12.7 Å². The first-order valence-corrected chi connectivity index (χ1v) is 7.84. The molecule has 0 aliphatic rings. The van der Waals surface area contributed by atoms with Crippen molar-refractivity contribution in [2.45, 2.75) is 39.3 Å². The van der Waals surface area contributed by atoms with Gasteiger partial charge in [-0.3, -0.25) is 0 Å². The monoisotopic (exact) mass is 251 g/mol. The third kappa shape index (κ3) is 5.93. The zero-order valence-corrected chi connectivity index (χ0v) is 11.6. The fraction of sp³-hybridized carbons (Fsp3) is 1.00. The van der Waals surface area contributed by atoms with Gasteiger partial charge in [0.2, 0.25) is 0 Å².